The van der Waals surface area contributed by atoms with Crippen molar-refractivity contribution in [2.45, 2.75) is 69.2 Å². The number of amides is 3. The van der Waals surface area contributed by atoms with Gasteiger partial charge in [-0.2, -0.15) is 4.98 Å². The molecule has 4 aliphatic heterocycles. The fourth-order valence-corrected chi connectivity index (χ4v) is 15.8. The number of nitrogen functional groups attached to an aromatic ring is 1. The maximum Gasteiger partial charge on any atom is 0.257 e. The molecule has 7 N–H and O–H groups in total. The van der Waals surface area contributed by atoms with Crippen molar-refractivity contribution < 1.29 is 28.2 Å². The van der Waals surface area contributed by atoms with Crippen LogP contribution < -0.4 is 43.1 Å². The fourth-order valence-electron chi connectivity index (χ4n) is 15.2. The predicted molar refractivity (Wildman–Crippen MR) is 438 cm³/mol. The average molecular weight is 1560 g/mol. The molecule has 0 bridgehead atoms. The number of methoxy groups -OCH3 is 1. The van der Waals surface area contributed by atoms with E-state index < -0.39 is 5.82 Å². The van der Waals surface area contributed by atoms with Gasteiger partial charge in [0.05, 0.1) is 11.4 Å². The number of nitrogens with zero attached hydrogens (tertiary/aromatic N) is 5. The largest absolute Gasteiger partial charge is 0.450 e. The van der Waals surface area contributed by atoms with Gasteiger partial charge in [0, 0.05) is 126 Å². The van der Waals surface area contributed by atoms with Gasteiger partial charge in [0.2, 0.25) is 5.88 Å². The number of benzene rings is 8. The Morgan fingerprint density at radius 2 is 0.936 bits per heavy atom. The number of pyridine rings is 5. The van der Waals surface area contributed by atoms with E-state index in [-0.39, 0.29) is 58.7 Å². The number of piperidine rings is 3. The van der Waals surface area contributed by atoms with Gasteiger partial charge in [0.1, 0.15) is 11.6 Å². The Kier molecular flexibility index (Phi) is 24.5. The van der Waals surface area contributed by atoms with Gasteiger partial charge in [-0.05, 0) is 192 Å². The summed E-state index contributed by atoms with van der Waals surface area (Å²) in [6.07, 6.45) is 10.6. The molecule has 5 aromatic heterocycles. The van der Waals surface area contributed by atoms with Crippen LogP contribution >= 0.6 is 27.5 Å². The van der Waals surface area contributed by atoms with Crippen LogP contribution in [0, 0.1) is 12.7 Å². The number of halogens is 3. The summed E-state index contributed by atoms with van der Waals surface area (Å²) in [5.74, 6) is 2.65. The zero-order valence-corrected chi connectivity index (χ0v) is 63.5. The molecule has 562 valence electrons. The first-order chi connectivity index (χ1) is 53.4. The number of aromatic amines is 4. The summed E-state index contributed by atoms with van der Waals surface area (Å²) in [4.78, 5) is 107. The lowest BCUT2D eigenvalue weighted by molar-refractivity contribution is 0.0491. The van der Waals surface area contributed by atoms with Crippen LogP contribution in [0.5, 0.6) is 5.88 Å². The molecule has 110 heavy (non-hydrogen) atoms. The second-order valence-corrected chi connectivity index (χ2v) is 28.8. The molecule has 17 rings (SSSR count). The molecule has 23 heteroatoms. The minimum Gasteiger partial charge on any atom is -0.450 e. The number of rotatable bonds is 10. The number of aryl methyl sites for hydroxylation is 1. The van der Waals surface area contributed by atoms with E-state index in [1.807, 2.05) is 210 Å². The molecule has 0 radical (unpaired) electrons. The van der Waals surface area contributed by atoms with Crippen LogP contribution in [0.3, 0.4) is 0 Å². The van der Waals surface area contributed by atoms with E-state index in [1.54, 1.807) is 31.5 Å². The summed E-state index contributed by atoms with van der Waals surface area (Å²) in [5, 5.41) is 11.6. The Bertz CT molecular complexity index is 5560. The van der Waals surface area contributed by atoms with E-state index in [0.29, 0.717) is 76.5 Å². The Hall–Kier alpha value is -11.6. The van der Waals surface area contributed by atoms with Gasteiger partial charge in [0.15, 0.2) is 12.6 Å². The number of anilines is 2. The first-order valence-corrected chi connectivity index (χ1v) is 38.2. The maximum atomic E-state index is 13.5. The van der Waals surface area contributed by atoms with Crippen molar-refractivity contribution in [1.82, 2.24) is 45.0 Å². The minimum absolute atomic E-state index is 0.0453. The standard InChI is InChI=1S/C21H19ClN2O2.C21H19FN2O2.C21H20N2O2.C14H16BrN3O2.C10H10N2O/c2*22-16-6-7-17-18(12-16)20(25)23-13-19(17)14-8-10-24(11-9-14)21(26)15-4-2-1-3-5-15;24-20-18-9-5-4-8-17(18)19(14-22-20)15-10-12-23(13-11-15)21(25)16-6-2-1-3-7-16;1-18-13-12(11(7-15)17-18)9-5-3-4-6-10(9)14(16-13)20-8-19-2;1-6-2-3-7-5-9(11)12-10(13)8(7)4-6/h2*1-7,12-14H,8-11H2,(H,23,25);1-9,14-15H,10-13H2,(H,22,24);3-6,11,17H,7-8H2,1-2H3;2-5H,1H3,(H3,11,12,13). The highest BCUT2D eigenvalue weighted by molar-refractivity contribution is 9.09. The topological polar surface area (TPSA) is 265 Å². The third-order valence-electron chi connectivity index (χ3n) is 20.8. The Balaban J connectivity index is 0.000000123. The molecule has 0 saturated carbocycles. The summed E-state index contributed by atoms with van der Waals surface area (Å²) in [7, 11) is 3.56. The molecule has 1 atom stereocenters. The molecule has 3 fully saturated rings. The number of likely N-dealkylation sites (tertiary alicyclic amines) is 3. The van der Waals surface area contributed by atoms with Crippen molar-refractivity contribution in [2.24, 2.45) is 0 Å². The van der Waals surface area contributed by atoms with Crippen LogP contribution in [0.2, 0.25) is 5.02 Å². The van der Waals surface area contributed by atoms with Crippen LogP contribution in [-0.4, -0.2) is 123 Å². The average Bonchev–Trinajstić information content (AvgIpc) is 1.61. The molecule has 4 aliphatic rings. The van der Waals surface area contributed by atoms with E-state index in [2.05, 4.69) is 52.3 Å². The monoisotopic (exact) mass is 1560 g/mol. The van der Waals surface area contributed by atoms with Crippen molar-refractivity contribution in [3.63, 3.8) is 0 Å². The van der Waals surface area contributed by atoms with E-state index in [1.165, 1.54) is 23.3 Å². The second-order valence-electron chi connectivity index (χ2n) is 27.7. The van der Waals surface area contributed by atoms with Crippen molar-refractivity contribution in [3.05, 3.63) is 316 Å². The normalized spacial score (nSPS) is 15.2. The van der Waals surface area contributed by atoms with E-state index in [9.17, 15) is 38.0 Å². The molecular weight excluding hydrogens is 1480 g/mol. The smallest absolute Gasteiger partial charge is 0.257 e. The number of aromatic nitrogens is 5. The summed E-state index contributed by atoms with van der Waals surface area (Å²) in [6.45, 7) is 6.39. The number of hydrogen-bond donors (Lipinski definition) is 6. The molecule has 0 spiro atoms. The lowest BCUT2D eigenvalue weighted by Gasteiger charge is -2.32. The highest BCUT2D eigenvalue weighted by Gasteiger charge is 2.32. The molecule has 9 heterocycles. The first-order valence-electron chi connectivity index (χ1n) is 36.7. The number of nitrogens with one attached hydrogen (secondary N) is 5. The summed E-state index contributed by atoms with van der Waals surface area (Å²) in [5.41, 5.74) is 16.1. The molecule has 3 saturated heterocycles. The summed E-state index contributed by atoms with van der Waals surface area (Å²) in [6, 6.07) is 61.5. The molecule has 1 unspecified atom stereocenters. The minimum atomic E-state index is -0.413. The predicted octanol–water partition coefficient (Wildman–Crippen LogP) is 15.5. The van der Waals surface area contributed by atoms with Crippen LogP contribution in [0.25, 0.3) is 53.9 Å². The van der Waals surface area contributed by atoms with Crippen LogP contribution in [-0.2, 0) is 4.74 Å². The highest BCUT2D eigenvalue weighted by atomic mass is 79.9. The molecule has 20 nitrogen and oxygen atoms in total. The SMILES string of the molecule is COCOc1nc2c(c3ccccc13)C(CBr)NN2C.Cc1ccc2cc(N)[nH]c(=O)c2c1.O=C(c1ccccc1)N1CCC(c2c[nH]c(=O)c3cc(Cl)ccc23)CC1.O=C(c1ccccc1)N1CCC(c2c[nH]c(=O)c3cc(F)ccc23)CC1.O=C(c1ccccc1)N1CCC(c2c[nH]c(=O)c3ccccc23)CC1. The fraction of sp³-hybridized carbons (Fsp3) is 0.241. The first kappa shape index (κ1) is 76.6. The lowest BCUT2D eigenvalue weighted by Crippen LogP contribution is -2.38. The Morgan fingerprint density at radius 1 is 0.509 bits per heavy atom. The molecule has 0 aliphatic carbocycles. The molecular formula is C87H84BrClFN11O9. The van der Waals surface area contributed by atoms with E-state index >= 15 is 0 Å². The van der Waals surface area contributed by atoms with Gasteiger partial charge in [-0.15, -0.1) is 0 Å². The van der Waals surface area contributed by atoms with E-state index in [0.717, 1.165) is 128 Å². The number of hydrazine groups is 1. The van der Waals surface area contributed by atoms with Gasteiger partial charge in [-0.25, -0.2) is 9.82 Å². The molecule has 3 amide bonds. The third kappa shape index (κ3) is 17.4. The quantitative estimate of drug-likeness (QED) is 0.0550. The van der Waals surface area contributed by atoms with Gasteiger partial charge in [0.25, 0.3) is 40.0 Å². The number of nitrogens with two attached hydrogens (primary N) is 1. The number of alkyl halides is 1. The van der Waals surface area contributed by atoms with Crippen LogP contribution in [0.1, 0.15) is 121 Å². The molecule has 8 aromatic carbocycles. The maximum absolute atomic E-state index is 13.5. The summed E-state index contributed by atoms with van der Waals surface area (Å²) >= 11 is 9.60. The number of fused-ring (bicyclic) bond motifs is 7. The van der Waals surface area contributed by atoms with Crippen LogP contribution in [0.4, 0.5) is 16.0 Å². The van der Waals surface area contributed by atoms with Gasteiger partial charge in [-0.1, -0.05) is 148 Å². The van der Waals surface area contributed by atoms with Gasteiger partial charge >= 0.3 is 0 Å². The lowest BCUT2D eigenvalue weighted by atomic mass is 9.87. The Labute approximate surface area is 647 Å². The Morgan fingerprint density at radius 3 is 1.42 bits per heavy atom. The van der Waals surface area contributed by atoms with Crippen molar-refractivity contribution in [2.75, 3.05) is 76.3 Å². The number of carbonyl (C=O) groups is 3. The van der Waals surface area contributed by atoms with Crippen molar-refractivity contribution >= 4 is 111 Å². The number of H-pyrrole nitrogens is 4. The highest BCUT2D eigenvalue weighted by Crippen LogP contribution is 2.41. The number of carbonyl (C=O) groups excluding carboxylic acids is 3. The van der Waals surface area contributed by atoms with Gasteiger partial charge < -0.3 is 49.8 Å². The third-order valence-corrected chi connectivity index (χ3v) is 21.6. The van der Waals surface area contributed by atoms with E-state index in [4.69, 9.17) is 26.8 Å². The molecule has 13 aromatic rings. The zero-order valence-electron chi connectivity index (χ0n) is 61.1. The number of ether oxygens (including phenoxy) is 2. The van der Waals surface area contributed by atoms with Crippen LogP contribution in [0.15, 0.2) is 238 Å². The van der Waals surface area contributed by atoms with Gasteiger partial charge in [-0.3, -0.25) is 38.6 Å². The second kappa shape index (κ2) is 35.2. The number of hydrogen-bond acceptors (Lipinski definition) is 13. The zero-order chi connectivity index (χ0) is 77.0. The van der Waals surface area contributed by atoms with Crippen molar-refractivity contribution in [1.29, 1.82) is 0 Å². The summed E-state index contributed by atoms with van der Waals surface area (Å²) < 4.78 is 24.1. The van der Waals surface area contributed by atoms with Crippen molar-refractivity contribution in [3.8, 4) is 5.88 Å².